The molecule has 6 heterocycles. The number of hydrogen-bond acceptors (Lipinski definition) is 6. The Morgan fingerprint density at radius 1 is 0.273 bits per heavy atom. The van der Waals surface area contributed by atoms with Crippen LogP contribution in [-0.4, -0.2) is 43.6 Å². The molecule has 0 aliphatic rings. The molecule has 0 aliphatic heterocycles. The van der Waals surface area contributed by atoms with Crippen molar-refractivity contribution in [3.63, 3.8) is 0 Å². The van der Waals surface area contributed by atoms with Gasteiger partial charge in [0.1, 0.15) is 34.0 Å². The molecular formula is C68H55N9. The van der Waals surface area contributed by atoms with Crippen molar-refractivity contribution < 1.29 is 0 Å². The van der Waals surface area contributed by atoms with Crippen LogP contribution in [0.15, 0.2) is 188 Å². The lowest BCUT2D eigenvalue weighted by Crippen LogP contribution is -2.05. The largest absolute Gasteiger partial charge is 0.276 e. The van der Waals surface area contributed by atoms with Crippen molar-refractivity contribution in [2.45, 2.75) is 55.4 Å². The minimum absolute atomic E-state index is 0.817. The molecule has 0 radical (unpaired) electrons. The summed E-state index contributed by atoms with van der Waals surface area (Å²) in [5, 5.41) is 0. The predicted octanol–water partition coefficient (Wildman–Crippen LogP) is 16.4. The van der Waals surface area contributed by atoms with Crippen LogP contribution >= 0.6 is 0 Å². The lowest BCUT2D eigenvalue weighted by atomic mass is 9.79. The SMILES string of the molecule is Cc1ccccc1-n1c(-c2cccc(-c3cc(C)c(-c4cccc(-c5nc6cccnc6n5-c5ccccc5C)c4C)c(-c4cccc(-c5nc6cccnc6n5-c5ccccc5C)c4C)c3C)c2C)nc2cccnc21. The smallest absolute Gasteiger partial charge is 0.164 e. The zero-order valence-corrected chi connectivity index (χ0v) is 44.4. The molecule has 0 aliphatic carbocycles. The number of aryl methyl sites for hydroxylation is 4. The summed E-state index contributed by atoms with van der Waals surface area (Å²) in [6.07, 6.45) is 5.55. The molecule has 0 amide bonds. The second-order valence-electron chi connectivity index (χ2n) is 20.3. The Kier molecular flexibility index (Phi) is 11.4. The van der Waals surface area contributed by atoms with Gasteiger partial charge in [-0.05, 0) is 188 Å². The molecule has 9 heteroatoms. The van der Waals surface area contributed by atoms with E-state index in [2.05, 4.69) is 215 Å². The van der Waals surface area contributed by atoms with Crippen LogP contribution in [0.1, 0.15) is 44.5 Å². The van der Waals surface area contributed by atoms with Crippen LogP contribution in [0.5, 0.6) is 0 Å². The Morgan fingerprint density at radius 2 is 0.610 bits per heavy atom. The van der Waals surface area contributed by atoms with E-state index in [-0.39, 0.29) is 0 Å². The molecule has 9 nitrogen and oxygen atoms in total. The molecule has 0 atom stereocenters. The Hall–Kier alpha value is -9.60. The topological polar surface area (TPSA) is 92.1 Å². The van der Waals surface area contributed by atoms with Crippen LogP contribution in [0, 0.1) is 55.4 Å². The van der Waals surface area contributed by atoms with Crippen LogP contribution in [0.2, 0.25) is 0 Å². The van der Waals surface area contributed by atoms with Gasteiger partial charge >= 0.3 is 0 Å². The van der Waals surface area contributed by atoms with E-state index < -0.39 is 0 Å². The van der Waals surface area contributed by atoms with Gasteiger partial charge in [-0.25, -0.2) is 29.9 Å². The molecule has 7 aromatic carbocycles. The summed E-state index contributed by atoms with van der Waals surface area (Å²) in [4.78, 5) is 30.8. The number of hydrogen-bond donors (Lipinski definition) is 0. The summed E-state index contributed by atoms with van der Waals surface area (Å²) < 4.78 is 6.67. The normalized spacial score (nSPS) is 11.6. The summed E-state index contributed by atoms with van der Waals surface area (Å²) in [7, 11) is 0. The van der Waals surface area contributed by atoms with Crippen molar-refractivity contribution in [3.05, 3.63) is 233 Å². The van der Waals surface area contributed by atoms with E-state index in [1.807, 2.05) is 42.9 Å². The second kappa shape index (κ2) is 18.7. The zero-order chi connectivity index (χ0) is 52.6. The molecule has 372 valence electrons. The van der Waals surface area contributed by atoms with Crippen molar-refractivity contribution in [2.24, 2.45) is 0 Å². The van der Waals surface area contributed by atoms with E-state index in [1.54, 1.807) is 0 Å². The molecule has 0 unspecified atom stereocenters. The van der Waals surface area contributed by atoms with Crippen molar-refractivity contribution in [3.8, 4) is 84.6 Å². The third kappa shape index (κ3) is 7.60. The van der Waals surface area contributed by atoms with Crippen molar-refractivity contribution in [1.82, 2.24) is 43.6 Å². The molecule has 6 aromatic heterocycles. The fourth-order valence-corrected chi connectivity index (χ4v) is 11.8. The van der Waals surface area contributed by atoms with Gasteiger partial charge in [-0.2, -0.15) is 0 Å². The number of imidazole rings is 3. The zero-order valence-electron chi connectivity index (χ0n) is 44.4. The summed E-state index contributed by atoms with van der Waals surface area (Å²) in [6.45, 7) is 17.7. The highest BCUT2D eigenvalue weighted by Crippen LogP contribution is 2.48. The average Bonchev–Trinajstić information content (AvgIpc) is 4.22. The van der Waals surface area contributed by atoms with E-state index in [4.69, 9.17) is 29.9 Å². The molecule has 0 bridgehead atoms. The fourth-order valence-electron chi connectivity index (χ4n) is 11.8. The standard InChI is InChI=1S/C68H55N9/c1-40-21-9-12-33-58(40)75-63(72-55-30-18-36-69-66(55)75)51-27-15-24-48(44(51)5)54-39-43(4)61(49-25-16-28-52(45(49)6)64-73-56-31-19-37-70-67(56)76(64)59-34-13-10-22-41(59)2)62(47(54)8)50-26-17-29-53(46(50)7)65-74-57-32-20-38-71-68(57)77(65)60-35-14-11-23-42(60)3/h9-39H,1-8H3. The van der Waals surface area contributed by atoms with Crippen molar-refractivity contribution >= 4 is 33.5 Å². The van der Waals surface area contributed by atoms with Gasteiger partial charge in [-0.15, -0.1) is 0 Å². The first kappa shape index (κ1) is 47.1. The lowest BCUT2D eigenvalue weighted by molar-refractivity contribution is 1.06. The first-order chi connectivity index (χ1) is 37.6. The number of para-hydroxylation sites is 3. The Morgan fingerprint density at radius 3 is 1.00 bits per heavy atom. The Balaban J connectivity index is 1.07. The number of fused-ring (bicyclic) bond motifs is 3. The predicted molar refractivity (Wildman–Crippen MR) is 314 cm³/mol. The first-order valence-electron chi connectivity index (χ1n) is 26.2. The van der Waals surface area contributed by atoms with E-state index in [9.17, 15) is 0 Å². The van der Waals surface area contributed by atoms with E-state index in [0.29, 0.717) is 0 Å². The van der Waals surface area contributed by atoms with Gasteiger partial charge < -0.3 is 0 Å². The monoisotopic (exact) mass is 997 g/mol. The maximum Gasteiger partial charge on any atom is 0.164 e. The Labute approximate surface area is 447 Å². The Bertz CT molecular complexity index is 4510. The summed E-state index contributed by atoms with van der Waals surface area (Å²) in [5.74, 6) is 2.55. The lowest BCUT2D eigenvalue weighted by Gasteiger charge is -2.25. The summed E-state index contributed by atoms with van der Waals surface area (Å²) in [6, 6.07) is 59.8. The average molecular weight is 998 g/mol. The highest BCUT2D eigenvalue weighted by Gasteiger charge is 2.28. The number of aromatic nitrogens is 9. The van der Waals surface area contributed by atoms with Crippen LogP contribution in [0.4, 0.5) is 0 Å². The molecular weight excluding hydrogens is 943 g/mol. The van der Waals surface area contributed by atoms with E-state index >= 15 is 0 Å². The third-order valence-electron chi connectivity index (χ3n) is 15.7. The quantitative estimate of drug-likeness (QED) is 0.143. The third-order valence-corrected chi connectivity index (χ3v) is 15.7. The van der Waals surface area contributed by atoms with Gasteiger partial charge in [0.15, 0.2) is 16.9 Å². The van der Waals surface area contributed by atoms with E-state index in [1.165, 1.54) is 0 Å². The second-order valence-corrected chi connectivity index (χ2v) is 20.3. The highest BCUT2D eigenvalue weighted by atomic mass is 15.2. The van der Waals surface area contributed by atoms with Gasteiger partial charge in [-0.3, -0.25) is 13.7 Å². The maximum absolute atomic E-state index is 5.37. The molecule has 77 heavy (non-hydrogen) atoms. The molecule has 0 spiro atoms. The van der Waals surface area contributed by atoms with Gasteiger partial charge in [-0.1, -0.05) is 115 Å². The summed E-state index contributed by atoms with van der Waals surface area (Å²) >= 11 is 0. The molecule has 0 N–H and O–H groups in total. The molecule has 0 saturated carbocycles. The van der Waals surface area contributed by atoms with Gasteiger partial charge in [0.25, 0.3) is 0 Å². The van der Waals surface area contributed by atoms with Crippen LogP contribution in [0.3, 0.4) is 0 Å². The minimum atomic E-state index is 0.817. The van der Waals surface area contributed by atoms with Gasteiger partial charge in [0, 0.05) is 35.3 Å². The van der Waals surface area contributed by atoms with Crippen LogP contribution in [-0.2, 0) is 0 Å². The highest BCUT2D eigenvalue weighted by molar-refractivity contribution is 5.98. The number of benzene rings is 7. The molecule has 0 saturated heterocycles. The minimum Gasteiger partial charge on any atom is -0.276 e. The number of pyridine rings is 3. The fraction of sp³-hybridized carbons (Fsp3) is 0.118. The molecule has 13 rings (SSSR count). The van der Waals surface area contributed by atoms with Crippen molar-refractivity contribution in [1.29, 1.82) is 0 Å². The molecule has 0 fully saturated rings. The first-order valence-corrected chi connectivity index (χ1v) is 26.2. The summed E-state index contributed by atoms with van der Waals surface area (Å²) in [5.41, 5.74) is 27.2. The van der Waals surface area contributed by atoms with Crippen molar-refractivity contribution in [2.75, 3.05) is 0 Å². The van der Waals surface area contributed by atoms with E-state index in [0.717, 1.165) is 163 Å². The van der Waals surface area contributed by atoms with Gasteiger partial charge in [0.05, 0.1) is 17.1 Å². The number of rotatable bonds is 9. The molecule has 13 aromatic rings. The van der Waals surface area contributed by atoms with Gasteiger partial charge in [0.2, 0.25) is 0 Å². The van der Waals surface area contributed by atoms with Crippen LogP contribution in [0.25, 0.3) is 118 Å². The maximum atomic E-state index is 5.37. The number of nitrogens with zero attached hydrogens (tertiary/aromatic N) is 9. The van der Waals surface area contributed by atoms with Crippen LogP contribution < -0.4 is 0 Å².